The SMILES string of the molecule is CCCCCCCCC(C)C(=O)O.COc1cc(C)c(CCCCCCCCC(C)C(=O)O)c(O)c1OC. The van der Waals surface area contributed by atoms with Crippen molar-refractivity contribution >= 4 is 11.9 Å². The lowest BCUT2D eigenvalue weighted by Gasteiger charge is -2.15. The summed E-state index contributed by atoms with van der Waals surface area (Å²) in [6.07, 6.45) is 16.2. The Labute approximate surface area is 230 Å². The van der Waals surface area contributed by atoms with Crippen molar-refractivity contribution in [1.29, 1.82) is 0 Å². The molecule has 1 rings (SSSR count). The fourth-order valence-corrected chi connectivity index (χ4v) is 4.39. The Morgan fingerprint density at radius 2 is 1.21 bits per heavy atom. The van der Waals surface area contributed by atoms with E-state index in [0.29, 0.717) is 11.5 Å². The number of benzene rings is 1. The molecule has 1 aromatic rings. The lowest BCUT2D eigenvalue weighted by atomic mass is 9.98. The Balaban J connectivity index is 0.000000889. The molecule has 0 aliphatic rings. The second-order valence-electron chi connectivity index (χ2n) is 10.5. The first kappa shape index (κ1) is 35.6. The summed E-state index contributed by atoms with van der Waals surface area (Å²) >= 11 is 0. The van der Waals surface area contributed by atoms with Gasteiger partial charge in [-0.05, 0) is 44.2 Å². The van der Waals surface area contributed by atoms with Gasteiger partial charge in [-0.2, -0.15) is 0 Å². The van der Waals surface area contributed by atoms with Crippen LogP contribution in [0.1, 0.15) is 122 Å². The summed E-state index contributed by atoms with van der Waals surface area (Å²) in [6.45, 7) is 7.72. The van der Waals surface area contributed by atoms with E-state index >= 15 is 0 Å². The van der Waals surface area contributed by atoms with Gasteiger partial charge in [0.15, 0.2) is 11.5 Å². The zero-order chi connectivity index (χ0) is 28.9. The molecule has 38 heavy (non-hydrogen) atoms. The number of hydrogen-bond acceptors (Lipinski definition) is 5. The van der Waals surface area contributed by atoms with E-state index in [9.17, 15) is 14.7 Å². The van der Waals surface area contributed by atoms with E-state index in [1.54, 1.807) is 21.0 Å². The van der Waals surface area contributed by atoms with Crippen molar-refractivity contribution < 1.29 is 34.4 Å². The highest BCUT2D eigenvalue weighted by Crippen LogP contribution is 2.41. The monoisotopic (exact) mass is 538 g/mol. The fourth-order valence-electron chi connectivity index (χ4n) is 4.39. The van der Waals surface area contributed by atoms with Crippen molar-refractivity contribution in [3.8, 4) is 17.2 Å². The molecule has 0 saturated carbocycles. The van der Waals surface area contributed by atoms with E-state index in [2.05, 4.69) is 6.92 Å². The van der Waals surface area contributed by atoms with Crippen LogP contribution in [0.25, 0.3) is 0 Å². The predicted octanol–water partition coefficient (Wildman–Crippen LogP) is 8.17. The molecule has 0 aliphatic heterocycles. The number of carboxylic acid groups (broad SMARTS) is 2. The number of methoxy groups -OCH3 is 2. The first-order valence-electron chi connectivity index (χ1n) is 14.5. The largest absolute Gasteiger partial charge is 0.504 e. The van der Waals surface area contributed by atoms with Gasteiger partial charge in [0.05, 0.1) is 26.1 Å². The van der Waals surface area contributed by atoms with Crippen LogP contribution < -0.4 is 9.47 Å². The Morgan fingerprint density at radius 3 is 1.63 bits per heavy atom. The first-order valence-corrected chi connectivity index (χ1v) is 14.5. The van der Waals surface area contributed by atoms with Crippen LogP contribution in [0.5, 0.6) is 17.2 Å². The molecule has 0 aromatic heterocycles. The minimum atomic E-state index is -0.704. The predicted molar refractivity (Wildman–Crippen MR) is 154 cm³/mol. The highest BCUT2D eigenvalue weighted by atomic mass is 16.5. The van der Waals surface area contributed by atoms with Gasteiger partial charge in [-0.15, -0.1) is 0 Å². The summed E-state index contributed by atoms with van der Waals surface area (Å²) in [5.74, 6) is -0.629. The van der Waals surface area contributed by atoms with E-state index in [4.69, 9.17) is 19.7 Å². The zero-order valence-electron chi connectivity index (χ0n) is 24.8. The average Bonchev–Trinajstić information content (AvgIpc) is 2.88. The molecular formula is C31H54O7. The maximum absolute atomic E-state index is 10.7. The molecule has 7 heteroatoms. The third-order valence-corrected chi connectivity index (χ3v) is 7.12. The topological polar surface area (TPSA) is 113 Å². The number of hydrogen-bond donors (Lipinski definition) is 3. The summed E-state index contributed by atoms with van der Waals surface area (Å²) < 4.78 is 10.5. The molecule has 0 fully saturated rings. The zero-order valence-corrected chi connectivity index (χ0v) is 24.8. The molecule has 1 aromatic carbocycles. The number of aromatic hydroxyl groups is 1. The molecule has 2 atom stereocenters. The highest BCUT2D eigenvalue weighted by Gasteiger charge is 2.17. The quantitative estimate of drug-likeness (QED) is 0.143. The average molecular weight is 539 g/mol. The van der Waals surface area contributed by atoms with E-state index in [1.807, 2.05) is 13.0 Å². The van der Waals surface area contributed by atoms with E-state index < -0.39 is 11.9 Å². The summed E-state index contributed by atoms with van der Waals surface area (Å²) in [5.41, 5.74) is 1.94. The molecule has 3 N–H and O–H groups in total. The first-order chi connectivity index (χ1) is 18.1. The molecule has 0 radical (unpaired) electrons. The highest BCUT2D eigenvalue weighted by molar-refractivity contribution is 5.69. The number of ether oxygens (including phenoxy) is 2. The van der Waals surface area contributed by atoms with Gasteiger partial charge in [-0.3, -0.25) is 9.59 Å². The van der Waals surface area contributed by atoms with Crippen molar-refractivity contribution in [3.63, 3.8) is 0 Å². The van der Waals surface area contributed by atoms with Crippen LogP contribution >= 0.6 is 0 Å². The second kappa shape index (κ2) is 21.5. The van der Waals surface area contributed by atoms with Crippen LogP contribution in [0.15, 0.2) is 6.07 Å². The summed E-state index contributed by atoms with van der Waals surface area (Å²) in [4.78, 5) is 21.2. The number of aliphatic carboxylic acids is 2. The maximum atomic E-state index is 10.7. The van der Waals surface area contributed by atoms with E-state index in [-0.39, 0.29) is 17.6 Å². The summed E-state index contributed by atoms with van der Waals surface area (Å²) in [7, 11) is 3.09. The van der Waals surface area contributed by atoms with Crippen LogP contribution in [0.2, 0.25) is 0 Å². The number of phenols is 1. The Morgan fingerprint density at radius 1 is 0.763 bits per heavy atom. The molecular weight excluding hydrogens is 484 g/mol. The Hall–Kier alpha value is -2.44. The molecule has 0 amide bonds. The molecule has 0 saturated heterocycles. The number of carbonyl (C=O) groups is 2. The summed E-state index contributed by atoms with van der Waals surface area (Å²) in [5, 5.41) is 27.9. The standard InChI is InChI=1S/C20H32O5.C11H22O2/c1-14(20(22)23)11-9-7-5-6-8-10-12-16-15(2)13-17(24-3)19(25-4)18(16)21;1-3-4-5-6-7-8-9-10(2)11(12)13/h13-14,21H,5-12H2,1-4H3,(H,22,23);10H,3-9H2,1-2H3,(H,12,13). The van der Waals surface area contributed by atoms with E-state index in [0.717, 1.165) is 75.3 Å². The van der Waals surface area contributed by atoms with Gasteiger partial charge >= 0.3 is 11.9 Å². The van der Waals surface area contributed by atoms with Crippen molar-refractivity contribution in [2.24, 2.45) is 11.8 Å². The Kier molecular flexibility index (Phi) is 20.1. The van der Waals surface area contributed by atoms with Gasteiger partial charge in [0.1, 0.15) is 0 Å². The lowest BCUT2D eigenvalue weighted by molar-refractivity contribution is -0.142. The van der Waals surface area contributed by atoms with Crippen molar-refractivity contribution in [2.75, 3.05) is 14.2 Å². The van der Waals surface area contributed by atoms with Crippen molar-refractivity contribution in [3.05, 3.63) is 17.2 Å². The lowest BCUT2D eigenvalue weighted by Crippen LogP contribution is -2.08. The maximum Gasteiger partial charge on any atom is 0.306 e. The molecule has 0 bridgehead atoms. The molecule has 220 valence electrons. The smallest absolute Gasteiger partial charge is 0.306 e. The van der Waals surface area contributed by atoms with Crippen molar-refractivity contribution in [2.45, 2.75) is 124 Å². The van der Waals surface area contributed by atoms with Crippen LogP contribution in [0.4, 0.5) is 0 Å². The van der Waals surface area contributed by atoms with Gasteiger partial charge in [0.25, 0.3) is 0 Å². The van der Waals surface area contributed by atoms with Gasteiger partial charge in [-0.1, -0.05) is 91.4 Å². The number of unbranched alkanes of at least 4 members (excludes halogenated alkanes) is 10. The third-order valence-electron chi connectivity index (χ3n) is 7.12. The molecule has 0 heterocycles. The number of carboxylic acids is 2. The number of aryl methyl sites for hydroxylation is 1. The van der Waals surface area contributed by atoms with Crippen LogP contribution in [0.3, 0.4) is 0 Å². The normalized spacial score (nSPS) is 12.3. The molecule has 2 unspecified atom stereocenters. The second-order valence-corrected chi connectivity index (χ2v) is 10.5. The minimum Gasteiger partial charge on any atom is -0.504 e. The molecule has 0 spiro atoms. The van der Waals surface area contributed by atoms with Gasteiger partial charge in [0.2, 0.25) is 5.75 Å². The fraction of sp³-hybridized carbons (Fsp3) is 0.742. The van der Waals surface area contributed by atoms with Crippen LogP contribution in [0, 0.1) is 18.8 Å². The van der Waals surface area contributed by atoms with E-state index in [1.165, 1.54) is 39.2 Å². The van der Waals surface area contributed by atoms with Crippen LogP contribution in [-0.2, 0) is 16.0 Å². The Bertz CT molecular complexity index is 791. The third kappa shape index (κ3) is 15.1. The van der Waals surface area contributed by atoms with Gasteiger partial charge in [-0.25, -0.2) is 0 Å². The summed E-state index contributed by atoms with van der Waals surface area (Å²) in [6, 6.07) is 1.90. The number of phenolic OH excluding ortho intramolecular Hbond substituents is 1. The minimum absolute atomic E-state index is 0.161. The molecule has 0 aliphatic carbocycles. The van der Waals surface area contributed by atoms with Crippen LogP contribution in [-0.4, -0.2) is 41.5 Å². The van der Waals surface area contributed by atoms with Gasteiger partial charge < -0.3 is 24.8 Å². The number of rotatable bonds is 20. The van der Waals surface area contributed by atoms with Gasteiger partial charge in [0, 0.05) is 5.56 Å². The van der Waals surface area contributed by atoms with Crippen molar-refractivity contribution in [1.82, 2.24) is 0 Å². The molecule has 7 nitrogen and oxygen atoms in total.